The highest BCUT2D eigenvalue weighted by Gasteiger charge is 2.33. The fourth-order valence-corrected chi connectivity index (χ4v) is 4.71. The van der Waals surface area contributed by atoms with Crippen LogP contribution in [0.3, 0.4) is 0 Å². The third kappa shape index (κ3) is 4.92. The average molecular weight is 529 g/mol. The van der Waals surface area contributed by atoms with E-state index in [0.29, 0.717) is 54.4 Å². The summed E-state index contributed by atoms with van der Waals surface area (Å²) >= 11 is 0. The van der Waals surface area contributed by atoms with Crippen LogP contribution >= 0.6 is 0 Å². The molecule has 12 heteroatoms. The van der Waals surface area contributed by atoms with Gasteiger partial charge in [0.05, 0.1) is 29.7 Å². The van der Waals surface area contributed by atoms with Crippen molar-refractivity contribution in [2.24, 2.45) is 0 Å². The number of alkyl halides is 3. The molecule has 2 fully saturated rings. The van der Waals surface area contributed by atoms with Crippen molar-refractivity contribution in [1.29, 1.82) is 0 Å². The second-order valence-corrected chi connectivity index (χ2v) is 9.75. The van der Waals surface area contributed by atoms with Gasteiger partial charge in [0.1, 0.15) is 28.6 Å². The van der Waals surface area contributed by atoms with E-state index in [4.69, 9.17) is 14.7 Å². The number of rotatable bonds is 5. The van der Waals surface area contributed by atoms with E-state index in [1.807, 2.05) is 17.1 Å². The van der Waals surface area contributed by atoms with Crippen molar-refractivity contribution < 1.29 is 27.0 Å². The lowest BCUT2D eigenvalue weighted by Crippen LogP contribution is -2.20. The SMILES string of the molecule is Cc1nc2nc([C@@H]3CCO[C@H](c4cnn(C5CC5)c4)C3)nc(-c3ccc(OC(F)(F)F)cc3F)c2nc1C. The number of fused-ring (bicyclic) bond motifs is 1. The van der Waals surface area contributed by atoms with Gasteiger partial charge in [0.15, 0.2) is 5.65 Å². The standard InChI is InChI=1S/C26H24F4N6O2/c1-13-14(2)33-25-23(32-13)22(19-6-5-18(10-20(19)27)38-26(28,29)30)34-24(35-25)15-7-8-37-21(9-15)16-11-31-36(12-16)17-3-4-17/h5-6,10-12,15,17,21H,3-4,7-9H2,1-2H3/t15-,21+/m1/s1. The van der Waals surface area contributed by atoms with Gasteiger partial charge in [0, 0.05) is 35.9 Å². The molecule has 6 rings (SSSR count). The third-order valence-corrected chi connectivity index (χ3v) is 6.95. The molecule has 2 aliphatic rings. The predicted octanol–water partition coefficient (Wildman–Crippen LogP) is 5.91. The maximum absolute atomic E-state index is 15.2. The first kappa shape index (κ1) is 24.7. The number of aromatic nitrogens is 6. The maximum atomic E-state index is 15.2. The van der Waals surface area contributed by atoms with Gasteiger partial charge in [0.25, 0.3) is 0 Å². The lowest BCUT2D eigenvalue weighted by Gasteiger charge is -2.28. The summed E-state index contributed by atoms with van der Waals surface area (Å²) < 4.78 is 65.0. The highest BCUT2D eigenvalue weighted by Crippen LogP contribution is 2.40. The Balaban J connectivity index is 1.39. The Morgan fingerprint density at radius 3 is 2.55 bits per heavy atom. The predicted molar refractivity (Wildman–Crippen MR) is 128 cm³/mol. The van der Waals surface area contributed by atoms with Gasteiger partial charge < -0.3 is 9.47 Å². The number of hydrogen-bond donors (Lipinski definition) is 0. The van der Waals surface area contributed by atoms with Crippen LogP contribution in [0.5, 0.6) is 5.75 Å². The fraction of sp³-hybridized carbons (Fsp3) is 0.423. The van der Waals surface area contributed by atoms with Crippen LogP contribution in [0.15, 0.2) is 30.6 Å². The summed E-state index contributed by atoms with van der Waals surface area (Å²) in [5.41, 5.74) is 3.00. The molecule has 3 aromatic heterocycles. The van der Waals surface area contributed by atoms with Crippen LogP contribution < -0.4 is 4.74 Å². The van der Waals surface area contributed by atoms with E-state index < -0.39 is 17.9 Å². The van der Waals surface area contributed by atoms with Gasteiger partial charge in [-0.25, -0.2) is 24.3 Å². The van der Waals surface area contributed by atoms with E-state index >= 15 is 4.39 Å². The molecule has 0 amide bonds. The minimum absolute atomic E-state index is 0.0138. The largest absolute Gasteiger partial charge is 0.573 e. The van der Waals surface area contributed by atoms with Crippen LogP contribution in [0.1, 0.15) is 66.5 Å². The van der Waals surface area contributed by atoms with E-state index in [0.717, 1.165) is 24.5 Å². The molecular weight excluding hydrogens is 504 g/mol. The lowest BCUT2D eigenvalue weighted by atomic mass is 9.92. The zero-order valence-corrected chi connectivity index (χ0v) is 20.7. The lowest BCUT2D eigenvalue weighted by molar-refractivity contribution is -0.274. The van der Waals surface area contributed by atoms with Gasteiger partial charge >= 0.3 is 6.36 Å². The van der Waals surface area contributed by atoms with Crippen LogP contribution in [-0.2, 0) is 4.74 Å². The summed E-state index contributed by atoms with van der Waals surface area (Å²) in [6.07, 6.45) is 2.23. The minimum atomic E-state index is -4.93. The summed E-state index contributed by atoms with van der Waals surface area (Å²) in [6, 6.07) is 3.41. The van der Waals surface area contributed by atoms with E-state index in [9.17, 15) is 13.2 Å². The molecule has 1 saturated carbocycles. The van der Waals surface area contributed by atoms with Crippen LogP contribution in [-0.4, -0.2) is 42.7 Å². The monoisotopic (exact) mass is 528 g/mol. The molecule has 1 aliphatic carbocycles. The number of hydrogen-bond acceptors (Lipinski definition) is 7. The van der Waals surface area contributed by atoms with Crippen molar-refractivity contribution in [3.05, 3.63) is 59.2 Å². The maximum Gasteiger partial charge on any atom is 0.573 e. The van der Waals surface area contributed by atoms with Crippen molar-refractivity contribution >= 4 is 11.2 Å². The Labute approximate surface area is 215 Å². The molecule has 2 atom stereocenters. The molecule has 0 radical (unpaired) electrons. The van der Waals surface area contributed by atoms with Crippen molar-refractivity contribution in [2.45, 2.75) is 64.0 Å². The van der Waals surface area contributed by atoms with Gasteiger partial charge in [0.2, 0.25) is 0 Å². The van der Waals surface area contributed by atoms with Crippen molar-refractivity contribution in [2.75, 3.05) is 6.61 Å². The topological polar surface area (TPSA) is 87.8 Å². The quantitative estimate of drug-likeness (QED) is 0.298. The normalized spacial score (nSPS) is 20.2. The van der Waals surface area contributed by atoms with Crippen molar-refractivity contribution in [3.8, 4) is 17.0 Å². The van der Waals surface area contributed by atoms with Gasteiger partial charge in [-0.1, -0.05) is 0 Å². The van der Waals surface area contributed by atoms with E-state index in [1.54, 1.807) is 13.8 Å². The summed E-state index contributed by atoms with van der Waals surface area (Å²) in [4.78, 5) is 18.5. The molecule has 198 valence electrons. The minimum Gasteiger partial charge on any atom is -0.406 e. The van der Waals surface area contributed by atoms with Gasteiger partial charge in [-0.05, 0) is 51.7 Å². The first-order chi connectivity index (χ1) is 18.1. The smallest absolute Gasteiger partial charge is 0.406 e. The van der Waals surface area contributed by atoms with E-state index in [1.165, 1.54) is 6.07 Å². The Bertz CT molecular complexity index is 1520. The second-order valence-electron chi connectivity index (χ2n) is 9.75. The van der Waals surface area contributed by atoms with Crippen molar-refractivity contribution in [1.82, 2.24) is 29.7 Å². The molecule has 8 nitrogen and oxygen atoms in total. The van der Waals surface area contributed by atoms with Gasteiger partial charge in [-0.15, -0.1) is 13.2 Å². The molecule has 0 bridgehead atoms. The highest BCUT2D eigenvalue weighted by molar-refractivity contribution is 5.87. The third-order valence-electron chi connectivity index (χ3n) is 6.95. The molecule has 0 N–H and O–H groups in total. The zero-order chi connectivity index (χ0) is 26.6. The molecule has 4 aromatic rings. The van der Waals surface area contributed by atoms with Crippen LogP contribution in [0.4, 0.5) is 17.6 Å². The molecule has 0 spiro atoms. The van der Waals surface area contributed by atoms with Gasteiger partial charge in [-0.3, -0.25) is 4.68 Å². The van der Waals surface area contributed by atoms with Gasteiger partial charge in [-0.2, -0.15) is 5.10 Å². The number of aryl methyl sites for hydroxylation is 2. The summed E-state index contributed by atoms with van der Waals surface area (Å²) in [6.45, 7) is 4.05. The number of halogens is 4. The Morgan fingerprint density at radius 2 is 1.82 bits per heavy atom. The van der Waals surface area contributed by atoms with E-state index in [-0.39, 0.29) is 28.8 Å². The van der Waals surface area contributed by atoms with Crippen LogP contribution in [0.2, 0.25) is 0 Å². The summed E-state index contributed by atoms with van der Waals surface area (Å²) in [5.74, 6) is -1.23. The Kier molecular flexibility index (Phi) is 6.01. The molecule has 0 unspecified atom stereocenters. The second kappa shape index (κ2) is 9.26. The van der Waals surface area contributed by atoms with Crippen molar-refractivity contribution in [3.63, 3.8) is 0 Å². The highest BCUT2D eigenvalue weighted by atomic mass is 19.4. The molecule has 1 saturated heterocycles. The summed E-state index contributed by atoms with van der Waals surface area (Å²) in [7, 11) is 0. The number of ether oxygens (including phenoxy) is 2. The zero-order valence-electron chi connectivity index (χ0n) is 20.7. The first-order valence-corrected chi connectivity index (χ1v) is 12.4. The van der Waals surface area contributed by atoms with Crippen LogP contribution in [0.25, 0.3) is 22.4 Å². The first-order valence-electron chi connectivity index (χ1n) is 12.4. The Hall–Kier alpha value is -3.67. The molecule has 38 heavy (non-hydrogen) atoms. The Morgan fingerprint density at radius 1 is 1.03 bits per heavy atom. The summed E-state index contributed by atoms with van der Waals surface area (Å²) in [5, 5.41) is 4.47. The molecular formula is C26H24F4N6O2. The molecule has 1 aromatic carbocycles. The van der Waals surface area contributed by atoms with E-state index in [2.05, 4.69) is 19.8 Å². The van der Waals surface area contributed by atoms with Crippen LogP contribution in [0, 0.1) is 19.7 Å². The molecule has 1 aliphatic heterocycles. The number of benzene rings is 1. The average Bonchev–Trinajstić information content (AvgIpc) is 3.60. The molecule has 4 heterocycles. The fourth-order valence-electron chi connectivity index (χ4n) is 4.71. The number of nitrogens with zero attached hydrogens (tertiary/aromatic N) is 6.